The van der Waals surface area contributed by atoms with Crippen molar-refractivity contribution in [3.8, 4) is 11.3 Å². The van der Waals surface area contributed by atoms with Gasteiger partial charge >= 0.3 is 0 Å². The molecule has 2 rings (SSSR count). The van der Waals surface area contributed by atoms with Crippen LogP contribution in [0.3, 0.4) is 0 Å². The first-order chi connectivity index (χ1) is 8.56. The number of halogens is 2. The molecular weight excluding hydrogens is 236 g/mol. The van der Waals surface area contributed by atoms with E-state index < -0.39 is 11.6 Å². The van der Waals surface area contributed by atoms with Crippen molar-refractivity contribution in [2.45, 2.75) is 19.9 Å². The van der Waals surface area contributed by atoms with Gasteiger partial charge in [0, 0.05) is 11.6 Å². The first-order valence-corrected chi connectivity index (χ1v) is 5.62. The fourth-order valence-corrected chi connectivity index (χ4v) is 1.51. The molecule has 0 amide bonds. The molecule has 0 saturated heterocycles. The largest absolute Gasteiger partial charge is 0.366 e. The summed E-state index contributed by atoms with van der Waals surface area (Å²) in [7, 11) is 0. The predicted octanol–water partition coefficient (Wildman–Crippen LogP) is 3.24. The molecule has 94 valence electrons. The molecule has 3 nitrogen and oxygen atoms in total. The zero-order valence-electron chi connectivity index (χ0n) is 10.1. The van der Waals surface area contributed by atoms with E-state index in [0.717, 1.165) is 12.1 Å². The second kappa shape index (κ2) is 5.08. The van der Waals surface area contributed by atoms with Gasteiger partial charge in [-0.3, -0.25) is 0 Å². The Hall–Kier alpha value is -2.04. The molecule has 1 aromatic heterocycles. The summed E-state index contributed by atoms with van der Waals surface area (Å²) in [6.07, 6.45) is 0. The molecule has 1 aromatic carbocycles. The van der Waals surface area contributed by atoms with Crippen molar-refractivity contribution in [2.24, 2.45) is 0 Å². The second-order valence-corrected chi connectivity index (χ2v) is 4.23. The molecule has 5 heteroatoms. The summed E-state index contributed by atoms with van der Waals surface area (Å²) in [6, 6.07) is 7.38. The molecule has 1 N–H and O–H groups in total. The van der Waals surface area contributed by atoms with Crippen LogP contribution in [0.5, 0.6) is 0 Å². The van der Waals surface area contributed by atoms with Gasteiger partial charge in [-0.05, 0) is 44.2 Å². The number of hydrogen-bond acceptors (Lipinski definition) is 3. The van der Waals surface area contributed by atoms with E-state index in [9.17, 15) is 8.78 Å². The van der Waals surface area contributed by atoms with Crippen LogP contribution in [0.25, 0.3) is 11.3 Å². The van der Waals surface area contributed by atoms with Crippen LogP contribution in [0.1, 0.15) is 13.8 Å². The Morgan fingerprint density at radius 1 is 1.00 bits per heavy atom. The monoisotopic (exact) mass is 249 g/mol. The van der Waals surface area contributed by atoms with E-state index >= 15 is 0 Å². The standard InChI is InChI=1S/C13H13F2N3/c1-8(2)16-13-6-5-12(17-18-13)9-3-4-10(14)11(15)7-9/h3-8H,1-2H3,(H,16,18). The van der Waals surface area contributed by atoms with Gasteiger partial charge < -0.3 is 5.32 Å². The van der Waals surface area contributed by atoms with E-state index in [1.807, 2.05) is 13.8 Å². The van der Waals surface area contributed by atoms with Crippen molar-refractivity contribution < 1.29 is 8.78 Å². The van der Waals surface area contributed by atoms with Gasteiger partial charge in [0.2, 0.25) is 0 Å². The molecule has 0 saturated carbocycles. The van der Waals surface area contributed by atoms with Gasteiger partial charge in [-0.1, -0.05) is 0 Å². The van der Waals surface area contributed by atoms with Gasteiger partial charge in [-0.2, -0.15) is 0 Å². The Balaban J connectivity index is 2.25. The minimum atomic E-state index is -0.890. The molecule has 0 atom stereocenters. The fourth-order valence-electron chi connectivity index (χ4n) is 1.51. The van der Waals surface area contributed by atoms with E-state index in [1.165, 1.54) is 6.07 Å². The molecule has 0 fully saturated rings. The summed E-state index contributed by atoms with van der Waals surface area (Å²) in [5.41, 5.74) is 1.00. The maximum atomic E-state index is 13.1. The fraction of sp³-hybridized carbons (Fsp3) is 0.231. The van der Waals surface area contributed by atoms with Crippen molar-refractivity contribution in [1.29, 1.82) is 0 Å². The van der Waals surface area contributed by atoms with Gasteiger partial charge in [0.05, 0.1) is 5.69 Å². The summed E-state index contributed by atoms with van der Waals surface area (Å²) < 4.78 is 25.9. The highest BCUT2D eigenvalue weighted by Gasteiger charge is 2.06. The van der Waals surface area contributed by atoms with Crippen molar-refractivity contribution in [3.05, 3.63) is 42.0 Å². The summed E-state index contributed by atoms with van der Waals surface area (Å²) in [5.74, 6) is -1.11. The third-order valence-corrected chi connectivity index (χ3v) is 2.32. The number of rotatable bonds is 3. The Kier molecular flexibility index (Phi) is 3.50. The van der Waals surface area contributed by atoms with Gasteiger partial charge in [0.15, 0.2) is 11.6 Å². The van der Waals surface area contributed by atoms with Crippen molar-refractivity contribution in [3.63, 3.8) is 0 Å². The molecule has 0 spiro atoms. The van der Waals surface area contributed by atoms with Crippen LogP contribution in [0.15, 0.2) is 30.3 Å². The zero-order chi connectivity index (χ0) is 13.1. The minimum Gasteiger partial charge on any atom is -0.366 e. The Bertz CT molecular complexity index is 538. The number of hydrogen-bond donors (Lipinski definition) is 1. The van der Waals surface area contributed by atoms with Crippen molar-refractivity contribution in [2.75, 3.05) is 5.32 Å². The third-order valence-electron chi connectivity index (χ3n) is 2.32. The summed E-state index contributed by atoms with van der Waals surface area (Å²) in [5, 5.41) is 11.0. The second-order valence-electron chi connectivity index (χ2n) is 4.23. The molecule has 0 aliphatic carbocycles. The summed E-state index contributed by atoms with van der Waals surface area (Å²) in [6.45, 7) is 3.98. The van der Waals surface area contributed by atoms with Crippen LogP contribution in [-0.2, 0) is 0 Å². The van der Waals surface area contributed by atoms with E-state index in [4.69, 9.17) is 0 Å². The molecule has 0 unspecified atom stereocenters. The van der Waals surface area contributed by atoms with E-state index in [2.05, 4.69) is 15.5 Å². The first-order valence-electron chi connectivity index (χ1n) is 5.62. The normalized spacial score (nSPS) is 10.7. The lowest BCUT2D eigenvalue weighted by Gasteiger charge is -2.08. The lowest BCUT2D eigenvalue weighted by Crippen LogP contribution is -2.11. The lowest BCUT2D eigenvalue weighted by molar-refractivity contribution is 0.509. The number of benzene rings is 1. The molecular formula is C13H13F2N3. The third kappa shape index (κ3) is 2.80. The Morgan fingerprint density at radius 3 is 2.33 bits per heavy atom. The minimum absolute atomic E-state index is 0.258. The SMILES string of the molecule is CC(C)Nc1ccc(-c2ccc(F)c(F)c2)nn1. The van der Waals surface area contributed by atoms with Crippen LogP contribution in [-0.4, -0.2) is 16.2 Å². The molecule has 18 heavy (non-hydrogen) atoms. The maximum Gasteiger partial charge on any atom is 0.159 e. The van der Waals surface area contributed by atoms with Crippen LogP contribution in [0.4, 0.5) is 14.6 Å². The number of nitrogens with zero attached hydrogens (tertiary/aromatic N) is 2. The lowest BCUT2D eigenvalue weighted by atomic mass is 10.1. The summed E-state index contributed by atoms with van der Waals surface area (Å²) >= 11 is 0. The average Bonchev–Trinajstić information content (AvgIpc) is 2.33. The highest BCUT2D eigenvalue weighted by atomic mass is 19.2. The molecule has 0 aliphatic rings. The Morgan fingerprint density at radius 2 is 1.78 bits per heavy atom. The number of anilines is 1. The number of nitrogens with one attached hydrogen (secondary N) is 1. The molecule has 0 bridgehead atoms. The van der Waals surface area contributed by atoms with E-state index in [-0.39, 0.29) is 6.04 Å². The van der Waals surface area contributed by atoms with Gasteiger partial charge in [0.1, 0.15) is 5.82 Å². The van der Waals surface area contributed by atoms with Crippen LogP contribution < -0.4 is 5.32 Å². The van der Waals surface area contributed by atoms with Crippen molar-refractivity contribution in [1.82, 2.24) is 10.2 Å². The quantitative estimate of drug-likeness (QED) is 0.907. The first kappa shape index (κ1) is 12.4. The van der Waals surface area contributed by atoms with Crippen LogP contribution in [0.2, 0.25) is 0 Å². The number of aromatic nitrogens is 2. The molecule has 2 aromatic rings. The van der Waals surface area contributed by atoms with Gasteiger partial charge in [-0.25, -0.2) is 8.78 Å². The Labute approximate surface area is 104 Å². The highest BCUT2D eigenvalue weighted by molar-refractivity contribution is 5.59. The van der Waals surface area contributed by atoms with E-state index in [0.29, 0.717) is 17.1 Å². The maximum absolute atomic E-state index is 13.1. The van der Waals surface area contributed by atoms with Crippen molar-refractivity contribution >= 4 is 5.82 Å². The van der Waals surface area contributed by atoms with Gasteiger partial charge in [-0.15, -0.1) is 10.2 Å². The molecule has 1 heterocycles. The topological polar surface area (TPSA) is 37.8 Å². The molecule has 0 radical (unpaired) electrons. The van der Waals surface area contributed by atoms with Crippen LogP contribution >= 0.6 is 0 Å². The zero-order valence-corrected chi connectivity index (χ0v) is 10.1. The summed E-state index contributed by atoms with van der Waals surface area (Å²) in [4.78, 5) is 0. The smallest absolute Gasteiger partial charge is 0.159 e. The molecule has 0 aliphatic heterocycles. The average molecular weight is 249 g/mol. The highest BCUT2D eigenvalue weighted by Crippen LogP contribution is 2.19. The van der Waals surface area contributed by atoms with Crippen LogP contribution in [0, 0.1) is 11.6 Å². The van der Waals surface area contributed by atoms with E-state index in [1.54, 1.807) is 12.1 Å². The van der Waals surface area contributed by atoms with Gasteiger partial charge in [0.25, 0.3) is 0 Å². The predicted molar refractivity (Wildman–Crippen MR) is 66.1 cm³/mol.